The van der Waals surface area contributed by atoms with E-state index < -0.39 is 0 Å². The predicted molar refractivity (Wildman–Crippen MR) is 57.2 cm³/mol. The quantitative estimate of drug-likeness (QED) is 0.671. The minimum Gasteiger partial charge on any atom is -0.464 e. The number of hydrogen-bond acceptors (Lipinski definition) is 5. The zero-order valence-corrected chi connectivity index (χ0v) is 9.43. The average Bonchev–Trinajstić information content (AvgIpc) is 2.62. The van der Waals surface area contributed by atoms with Gasteiger partial charge in [-0.2, -0.15) is 0 Å². The van der Waals surface area contributed by atoms with Crippen molar-refractivity contribution in [2.75, 3.05) is 20.2 Å². The number of ether oxygens (including phenoxy) is 1. The largest absolute Gasteiger partial charge is 0.464 e. The molecule has 1 saturated heterocycles. The van der Waals surface area contributed by atoms with Crippen LogP contribution in [-0.2, 0) is 14.4 Å². The van der Waals surface area contributed by atoms with E-state index in [-0.39, 0.29) is 24.0 Å². The number of oxime groups is 1. The van der Waals surface area contributed by atoms with Gasteiger partial charge in [0, 0.05) is 13.0 Å². The summed E-state index contributed by atoms with van der Waals surface area (Å²) in [4.78, 5) is 16.5. The van der Waals surface area contributed by atoms with E-state index in [0.717, 1.165) is 25.9 Å². The molecule has 86 valence electrons. The van der Waals surface area contributed by atoms with Crippen molar-refractivity contribution < 1.29 is 14.4 Å². The molecule has 2 rings (SSSR count). The molecule has 2 aliphatic heterocycles. The Morgan fingerprint density at radius 3 is 3.07 bits per heavy atom. The average molecular weight is 235 g/mol. The summed E-state index contributed by atoms with van der Waals surface area (Å²) < 4.78 is 4.60. The zero-order valence-electron chi connectivity index (χ0n) is 8.62. The molecule has 0 aromatic rings. The summed E-state index contributed by atoms with van der Waals surface area (Å²) in [5.41, 5.74) is 0.109. The number of carbonyl (C=O) groups excluding carboxylic acids is 1. The molecule has 1 unspecified atom stereocenters. The molecule has 15 heavy (non-hydrogen) atoms. The molecule has 0 radical (unpaired) electrons. The third kappa shape index (κ3) is 2.41. The third-order valence-corrected chi connectivity index (χ3v) is 2.69. The van der Waals surface area contributed by atoms with Crippen LogP contribution >= 0.6 is 12.4 Å². The fraction of sp³-hybridized carbons (Fsp3) is 0.778. The van der Waals surface area contributed by atoms with Crippen LogP contribution in [0.25, 0.3) is 0 Å². The van der Waals surface area contributed by atoms with Crippen LogP contribution in [0.4, 0.5) is 0 Å². The first-order valence-corrected chi connectivity index (χ1v) is 4.80. The van der Waals surface area contributed by atoms with Gasteiger partial charge in [0.2, 0.25) is 0 Å². The maximum atomic E-state index is 11.2. The van der Waals surface area contributed by atoms with Crippen LogP contribution in [0, 0.1) is 0 Å². The highest BCUT2D eigenvalue weighted by Gasteiger charge is 2.42. The Bertz CT molecular complexity index is 275. The molecule has 1 atom stereocenters. The van der Waals surface area contributed by atoms with Crippen LogP contribution in [0.15, 0.2) is 5.16 Å². The van der Waals surface area contributed by atoms with E-state index >= 15 is 0 Å². The Kier molecular flexibility index (Phi) is 3.93. The summed E-state index contributed by atoms with van der Waals surface area (Å²) >= 11 is 0. The first-order valence-electron chi connectivity index (χ1n) is 4.80. The maximum absolute atomic E-state index is 11.2. The van der Waals surface area contributed by atoms with Gasteiger partial charge in [-0.1, -0.05) is 5.16 Å². The van der Waals surface area contributed by atoms with Crippen molar-refractivity contribution in [3.63, 3.8) is 0 Å². The second-order valence-electron chi connectivity index (χ2n) is 3.76. The van der Waals surface area contributed by atoms with Gasteiger partial charge < -0.3 is 14.9 Å². The van der Waals surface area contributed by atoms with Gasteiger partial charge in [0.25, 0.3) is 0 Å². The second-order valence-corrected chi connectivity index (χ2v) is 3.76. The van der Waals surface area contributed by atoms with E-state index in [0.29, 0.717) is 12.1 Å². The van der Waals surface area contributed by atoms with Gasteiger partial charge >= 0.3 is 5.97 Å². The molecule has 0 bridgehead atoms. The van der Waals surface area contributed by atoms with Crippen molar-refractivity contribution in [1.29, 1.82) is 0 Å². The molecule has 2 heterocycles. The van der Waals surface area contributed by atoms with Gasteiger partial charge in [0.1, 0.15) is 0 Å². The molecule has 6 heteroatoms. The van der Waals surface area contributed by atoms with Crippen LogP contribution in [0.5, 0.6) is 0 Å². The lowest BCUT2D eigenvalue weighted by atomic mass is 9.89. The zero-order chi connectivity index (χ0) is 10.0. The third-order valence-electron chi connectivity index (χ3n) is 2.69. The van der Waals surface area contributed by atoms with E-state index in [1.165, 1.54) is 7.11 Å². The Balaban J connectivity index is 0.00000112. The van der Waals surface area contributed by atoms with Crippen LogP contribution < -0.4 is 5.32 Å². The van der Waals surface area contributed by atoms with Crippen LogP contribution in [-0.4, -0.2) is 37.5 Å². The Morgan fingerprint density at radius 1 is 1.67 bits per heavy atom. The normalized spacial score (nSPS) is 29.0. The van der Waals surface area contributed by atoms with Gasteiger partial charge in [0.05, 0.1) is 7.11 Å². The summed E-state index contributed by atoms with van der Waals surface area (Å²) in [6.07, 6.45) is 2.57. The lowest BCUT2D eigenvalue weighted by Crippen LogP contribution is -2.46. The van der Waals surface area contributed by atoms with Crippen molar-refractivity contribution in [3.8, 4) is 0 Å². The van der Waals surface area contributed by atoms with Gasteiger partial charge in [-0.25, -0.2) is 4.79 Å². The second kappa shape index (κ2) is 4.81. The molecule has 2 aliphatic rings. The fourth-order valence-corrected chi connectivity index (χ4v) is 1.92. The number of halogens is 1. The summed E-state index contributed by atoms with van der Waals surface area (Å²) in [6, 6.07) is 0. The monoisotopic (exact) mass is 234 g/mol. The summed E-state index contributed by atoms with van der Waals surface area (Å²) in [7, 11) is 1.36. The molecule has 0 amide bonds. The van der Waals surface area contributed by atoms with Crippen molar-refractivity contribution >= 4 is 24.1 Å². The van der Waals surface area contributed by atoms with E-state index in [4.69, 9.17) is 4.84 Å². The molecule has 1 fully saturated rings. The molecular weight excluding hydrogens is 220 g/mol. The fourth-order valence-electron chi connectivity index (χ4n) is 1.92. The molecule has 5 nitrogen and oxygen atoms in total. The van der Waals surface area contributed by atoms with Gasteiger partial charge in [-0.05, 0) is 19.4 Å². The highest BCUT2D eigenvalue weighted by Crippen LogP contribution is 2.30. The van der Waals surface area contributed by atoms with Crippen molar-refractivity contribution in [3.05, 3.63) is 0 Å². The summed E-state index contributed by atoms with van der Waals surface area (Å²) in [6.45, 7) is 1.77. The number of nitrogens with zero attached hydrogens (tertiary/aromatic N) is 1. The minimum atomic E-state index is -0.382. The minimum absolute atomic E-state index is 0. The Morgan fingerprint density at radius 2 is 2.47 bits per heavy atom. The first kappa shape index (κ1) is 12.3. The van der Waals surface area contributed by atoms with E-state index in [1.807, 2.05) is 0 Å². The first-order chi connectivity index (χ1) is 6.76. The standard InChI is InChI=1S/C9H14N2O3.ClH/c1-13-8(12)7-5-9(14-11-7)3-2-4-10-6-9;/h10H,2-6H2,1H3;1H. The molecule has 1 spiro atoms. The van der Waals surface area contributed by atoms with Gasteiger partial charge in [-0.3, -0.25) is 0 Å². The van der Waals surface area contributed by atoms with Gasteiger partial charge in [-0.15, -0.1) is 12.4 Å². The number of methoxy groups -OCH3 is 1. The van der Waals surface area contributed by atoms with Crippen LogP contribution in [0.2, 0.25) is 0 Å². The lowest BCUT2D eigenvalue weighted by Gasteiger charge is -2.30. The molecule has 0 aromatic carbocycles. The molecule has 0 saturated carbocycles. The van der Waals surface area contributed by atoms with E-state index in [2.05, 4.69) is 15.2 Å². The Hall–Kier alpha value is -0.810. The number of nitrogens with one attached hydrogen (secondary N) is 1. The number of rotatable bonds is 1. The van der Waals surface area contributed by atoms with Crippen LogP contribution in [0.3, 0.4) is 0 Å². The number of piperidine rings is 1. The molecule has 0 aromatic heterocycles. The highest BCUT2D eigenvalue weighted by atomic mass is 35.5. The molecule has 1 N–H and O–H groups in total. The van der Waals surface area contributed by atoms with E-state index in [9.17, 15) is 4.79 Å². The SMILES string of the molecule is COC(=O)C1=NOC2(CCCNC2)C1.Cl. The maximum Gasteiger partial charge on any atom is 0.355 e. The van der Waals surface area contributed by atoms with Crippen molar-refractivity contribution in [1.82, 2.24) is 5.32 Å². The van der Waals surface area contributed by atoms with E-state index in [1.54, 1.807) is 0 Å². The summed E-state index contributed by atoms with van der Waals surface area (Å²) in [5, 5.41) is 7.03. The number of esters is 1. The smallest absolute Gasteiger partial charge is 0.355 e. The summed E-state index contributed by atoms with van der Waals surface area (Å²) in [5.74, 6) is -0.382. The van der Waals surface area contributed by atoms with Crippen LogP contribution in [0.1, 0.15) is 19.3 Å². The van der Waals surface area contributed by atoms with Crippen molar-refractivity contribution in [2.45, 2.75) is 24.9 Å². The predicted octanol–water partition coefficient (Wildman–Crippen LogP) is 0.480. The topological polar surface area (TPSA) is 59.9 Å². The molecular formula is C9H15ClN2O3. The Labute approximate surface area is 94.6 Å². The number of hydrogen-bond donors (Lipinski definition) is 1. The number of carbonyl (C=O) groups is 1. The molecule has 0 aliphatic carbocycles. The van der Waals surface area contributed by atoms with Gasteiger partial charge in [0.15, 0.2) is 11.3 Å². The highest BCUT2D eigenvalue weighted by molar-refractivity contribution is 6.36. The van der Waals surface area contributed by atoms with Crippen molar-refractivity contribution in [2.24, 2.45) is 5.16 Å². The lowest BCUT2D eigenvalue weighted by molar-refractivity contribution is -0.132.